The fourth-order valence-electron chi connectivity index (χ4n) is 3.29. The zero-order valence-corrected chi connectivity index (χ0v) is 24.2. The summed E-state index contributed by atoms with van der Waals surface area (Å²) in [5, 5.41) is 9.64. The van der Waals surface area contributed by atoms with E-state index in [0.29, 0.717) is 24.8 Å². The van der Waals surface area contributed by atoms with E-state index in [0.717, 1.165) is 0 Å². The summed E-state index contributed by atoms with van der Waals surface area (Å²) in [7, 11) is 0. The standard InChI is InChI=1S/C28H43NO10/c1-9-12-22(30)35-17(4)15-19(23(29)24(31)32)18-13-14-20(36-25(33)38-27(5,6)10-2)21(16-18)37-26(34)39-28(7,8)11-3/h13-14,16-17,19,23H,9-12,15,29H2,1-8H3,(H,31,32)/t17?,19?,23-/m0/s1. The molecule has 0 radical (unpaired) electrons. The van der Waals surface area contributed by atoms with Crippen molar-refractivity contribution in [2.24, 2.45) is 5.73 Å². The molecule has 2 unspecified atom stereocenters. The van der Waals surface area contributed by atoms with Crippen molar-refractivity contribution in [2.45, 2.75) is 117 Å². The minimum absolute atomic E-state index is 0.0720. The number of carbonyl (C=O) groups excluding carboxylic acids is 3. The molecule has 39 heavy (non-hydrogen) atoms. The van der Waals surface area contributed by atoms with Gasteiger partial charge >= 0.3 is 24.2 Å². The van der Waals surface area contributed by atoms with E-state index in [2.05, 4.69) is 0 Å². The monoisotopic (exact) mass is 553 g/mol. The summed E-state index contributed by atoms with van der Waals surface area (Å²) < 4.78 is 26.8. The van der Waals surface area contributed by atoms with E-state index in [1.807, 2.05) is 20.8 Å². The molecule has 1 aromatic carbocycles. The molecule has 0 heterocycles. The Hall–Kier alpha value is -3.34. The number of nitrogens with two attached hydrogens (primary N) is 1. The third-order valence-corrected chi connectivity index (χ3v) is 6.30. The van der Waals surface area contributed by atoms with E-state index in [4.69, 9.17) is 29.4 Å². The van der Waals surface area contributed by atoms with Crippen molar-refractivity contribution in [3.05, 3.63) is 23.8 Å². The number of esters is 1. The first-order chi connectivity index (χ1) is 18.0. The van der Waals surface area contributed by atoms with Crippen molar-refractivity contribution in [1.29, 1.82) is 0 Å². The highest BCUT2D eigenvalue weighted by Gasteiger charge is 2.31. The van der Waals surface area contributed by atoms with Gasteiger partial charge in [0.2, 0.25) is 0 Å². The molecule has 0 bridgehead atoms. The second-order valence-electron chi connectivity index (χ2n) is 10.6. The van der Waals surface area contributed by atoms with Crippen LogP contribution in [0.15, 0.2) is 18.2 Å². The molecule has 0 saturated heterocycles. The van der Waals surface area contributed by atoms with Crippen LogP contribution in [0.25, 0.3) is 0 Å². The molecule has 11 nitrogen and oxygen atoms in total. The molecule has 0 amide bonds. The fourth-order valence-corrected chi connectivity index (χ4v) is 3.29. The molecule has 1 aromatic rings. The molecule has 0 spiro atoms. The molecule has 0 aliphatic rings. The smallest absolute Gasteiger partial charge is 0.480 e. The molecule has 0 fully saturated rings. The molecule has 1 rings (SSSR count). The van der Waals surface area contributed by atoms with Gasteiger partial charge in [-0.05, 0) is 78.0 Å². The summed E-state index contributed by atoms with van der Waals surface area (Å²) in [6, 6.07) is 2.81. The van der Waals surface area contributed by atoms with Gasteiger partial charge in [0, 0.05) is 12.3 Å². The molecular formula is C28H43NO10. The van der Waals surface area contributed by atoms with Crippen LogP contribution in [0, 0.1) is 0 Å². The van der Waals surface area contributed by atoms with Crippen molar-refractivity contribution in [2.75, 3.05) is 0 Å². The van der Waals surface area contributed by atoms with Gasteiger partial charge in [-0.1, -0.05) is 26.8 Å². The average Bonchev–Trinajstić information content (AvgIpc) is 2.82. The van der Waals surface area contributed by atoms with E-state index >= 15 is 0 Å². The maximum atomic E-state index is 12.6. The number of carboxylic acids is 1. The number of aliphatic carboxylic acids is 1. The zero-order chi connectivity index (χ0) is 30.0. The van der Waals surface area contributed by atoms with Crippen LogP contribution in [0.1, 0.15) is 99.0 Å². The first-order valence-corrected chi connectivity index (χ1v) is 13.2. The van der Waals surface area contributed by atoms with Crippen molar-refractivity contribution in [3.8, 4) is 11.5 Å². The lowest BCUT2D eigenvalue weighted by molar-refractivity contribution is -0.148. The van der Waals surface area contributed by atoms with Gasteiger partial charge in [-0.25, -0.2) is 9.59 Å². The second kappa shape index (κ2) is 14.7. The Morgan fingerprint density at radius 3 is 1.87 bits per heavy atom. The van der Waals surface area contributed by atoms with E-state index in [1.165, 1.54) is 18.2 Å². The highest BCUT2D eigenvalue weighted by atomic mass is 16.8. The molecule has 0 aromatic heterocycles. The lowest BCUT2D eigenvalue weighted by Crippen LogP contribution is -2.38. The van der Waals surface area contributed by atoms with Gasteiger partial charge in [0.1, 0.15) is 17.2 Å². The summed E-state index contributed by atoms with van der Waals surface area (Å²) in [5.41, 5.74) is 4.74. The van der Waals surface area contributed by atoms with Gasteiger partial charge in [0.15, 0.2) is 11.5 Å². The van der Waals surface area contributed by atoms with E-state index in [-0.39, 0.29) is 24.3 Å². The maximum absolute atomic E-state index is 12.6. The third-order valence-electron chi connectivity index (χ3n) is 6.30. The van der Waals surface area contributed by atoms with Crippen LogP contribution >= 0.6 is 0 Å². The van der Waals surface area contributed by atoms with Gasteiger partial charge in [-0.3, -0.25) is 9.59 Å². The molecule has 3 N–H and O–H groups in total. The largest absolute Gasteiger partial charge is 0.514 e. The van der Waals surface area contributed by atoms with E-state index in [1.54, 1.807) is 34.6 Å². The van der Waals surface area contributed by atoms with Crippen LogP contribution in [0.3, 0.4) is 0 Å². The van der Waals surface area contributed by atoms with Crippen LogP contribution in [-0.2, 0) is 23.8 Å². The van der Waals surface area contributed by atoms with Crippen molar-refractivity contribution < 1.29 is 48.0 Å². The van der Waals surface area contributed by atoms with E-state index in [9.17, 15) is 24.3 Å². The maximum Gasteiger partial charge on any atom is 0.514 e. The predicted molar refractivity (Wildman–Crippen MR) is 143 cm³/mol. The SMILES string of the molecule is CCCC(=O)OC(C)CC(c1ccc(OC(=O)OC(C)(C)CC)c(OC(=O)OC(C)(C)CC)c1)[C@H](N)C(=O)O. The summed E-state index contributed by atoms with van der Waals surface area (Å²) in [6.45, 7) is 14.0. The van der Waals surface area contributed by atoms with Gasteiger partial charge in [-0.15, -0.1) is 0 Å². The average molecular weight is 554 g/mol. The van der Waals surface area contributed by atoms with Crippen molar-refractivity contribution >= 4 is 24.2 Å². The van der Waals surface area contributed by atoms with Gasteiger partial charge in [0.05, 0.1) is 6.10 Å². The number of rotatable bonds is 14. The Kier molecular flexibility index (Phi) is 12.7. The molecule has 11 heteroatoms. The number of carbonyl (C=O) groups is 4. The highest BCUT2D eigenvalue weighted by molar-refractivity contribution is 5.75. The van der Waals surface area contributed by atoms with Crippen molar-refractivity contribution in [3.63, 3.8) is 0 Å². The Morgan fingerprint density at radius 1 is 0.897 bits per heavy atom. The highest BCUT2D eigenvalue weighted by Crippen LogP contribution is 2.35. The quantitative estimate of drug-likeness (QED) is 0.165. The molecule has 220 valence electrons. The summed E-state index contributed by atoms with van der Waals surface area (Å²) >= 11 is 0. The molecule has 0 aliphatic carbocycles. The minimum atomic E-state index is -1.38. The Balaban J connectivity index is 3.42. The van der Waals surface area contributed by atoms with Gasteiger partial charge in [0.25, 0.3) is 0 Å². The number of hydrogen-bond donors (Lipinski definition) is 2. The number of carboxylic acid groups (broad SMARTS) is 1. The number of benzene rings is 1. The van der Waals surface area contributed by atoms with Crippen LogP contribution in [0.4, 0.5) is 9.59 Å². The molecule has 3 atom stereocenters. The van der Waals surface area contributed by atoms with Crippen LogP contribution in [0.5, 0.6) is 11.5 Å². The first-order valence-electron chi connectivity index (χ1n) is 13.2. The van der Waals surface area contributed by atoms with E-state index < -0.39 is 53.5 Å². The lowest BCUT2D eigenvalue weighted by Gasteiger charge is -2.26. The Labute approximate surface area is 230 Å². The molecule has 0 aliphatic heterocycles. The zero-order valence-electron chi connectivity index (χ0n) is 24.2. The molecule has 0 saturated carbocycles. The Morgan fingerprint density at radius 2 is 1.41 bits per heavy atom. The predicted octanol–water partition coefficient (Wildman–Crippen LogP) is 5.71. The summed E-state index contributed by atoms with van der Waals surface area (Å²) in [4.78, 5) is 48.8. The summed E-state index contributed by atoms with van der Waals surface area (Å²) in [5.74, 6) is -2.88. The van der Waals surface area contributed by atoms with Crippen LogP contribution < -0.4 is 15.2 Å². The van der Waals surface area contributed by atoms with Crippen LogP contribution in [0.2, 0.25) is 0 Å². The molecular weight excluding hydrogens is 510 g/mol. The second-order valence-corrected chi connectivity index (χ2v) is 10.6. The fraction of sp³-hybridized carbons (Fsp3) is 0.643. The number of hydrogen-bond acceptors (Lipinski definition) is 10. The minimum Gasteiger partial charge on any atom is -0.480 e. The van der Waals surface area contributed by atoms with Crippen molar-refractivity contribution in [1.82, 2.24) is 0 Å². The Bertz CT molecular complexity index is 1000. The van der Waals surface area contributed by atoms with Gasteiger partial charge < -0.3 is 34.5 Å². The van der Waals surface area contributed by atoms with Crippen LogP contribution in [-0.4, -0.2) is 52.7 Å². The third kappa shape index (κ3) is 11.5. The normalized spacial score (nSPS) is 14.0. The summed E-state index contributed by atoms with van der Waals surface area (Å²) in [6.07, 6.45) is -0.778. The topological polar surface area (TPSA) is 161 Å². The lowest BCUT2D eigenvalue weighted by atomic mass is 9.87. The number of ether oxygens (including phenoxy) is 5. The first kappa shape index (κ1) is 33.7. The van der Waals surface area contributed by atoms with Gasteiger partial charge in [-0.2, -0.15) is 0 Å².